The third kappa shape index (κ3) is 3.37. The number of amides is 1. The number of hydrogen-bond acceptors (Lipinski definition) is 2. The first kappa shape index (κ1) is 13.3. The summed E-state index contributed by atoms with van der Waals surface area (Å²) in [5, 5.41) is 0. The van der Waals surface area contributed by atoms with Gasteiger partial charge in [0.25, 0.3) is 5.91 Å². The fraction of sp³-hybridized carbons (Fsp3) is 0.417. The molecule has 0 aromatic heterocycles. The zero-order chi connectivity index (χ0) is 12.3. The molecule has 88 valence electrons. The second kappa shape index (κ2) is 5.52. The molecule has 0 aliphatic heterocycles. The zero-order valence-corrected chi connectivity index (χ0v) is 11.8. The zero-order valence-electron chi connectivity index (χ0n) is 9.66. The molecule has 0 heterocycles. The van der Waals surface area contributed by atoms with Crippen molar-refractivity contribution in [2.24, 2.45) is 11.7 Å². The molecule has 0 aliphatic carbocycles. The van der Waals surface area contributed by atoms with Gasteiger partial charge in [-0.15, -0.1) is 0 Å². The number of primary amides is 1. The summed E-state index contributed by atoms with van der Waals surface area (Å²) >= 11 is 2.24. The summed E-state index contributed by atoms with van der Waals surface area (Å²) in [5.74, 6) is 0.363. The van der Waals surface area contributed by atoms with E-state index in [9.17, 15) is 4.79 Å². The minimum Gasteiger partial charge on any atom is -0.480 e. The molecule has 0 radical (unpaired) electrons. The minimum atomic E-state index is -0.571. The Kier molecular flexibility index (Phi) is 4.58. The maximum absolute atomic E-state index is 11.2. The molecule has 4 heteroatoms. The van der Waals surface area contributed by atoms with E-state index in [1.54, 1.807) is 0 Å². The smallest absolute Gasteiger partial charge is 0.258 e. The molecule has 3 nitrogen and oxygen atoms in total. The molecule has 2 N–H and O–H groups in total. The second-order valence-electron chi connectivity index (χ2n) is 4.09. The van der Waals surface area contributed by atoms with Crippen LogP contribution in [0.3, 0.4) is 0 Å². The van der Waals surface area contributed by atoms with Crippen LogP contribution >= 0.6 is 22.6 Å². The fourth-order valence-electron chi connectivity index (χ4n) is 1.40. The lowest BCUT2D eigenvalue weighted by atomic mass is 10.1. The summed E-state index contributed by atoms with van der Waals surface area (Å²) in [4.78, 5) is 11.2. The first-order valence-corrected chi connectivity index (χ1v) is 6.22. The number of aryl methyl sites for hydroxylation is 1. The maximum atomic E-state index is 11.2. The van der Waals surface area contributed by atoms with Crippen molar-refractivity contribution in [1.82, 2.24) is 0 Å². The van der Waals surface area contributed by atoms with Crippen molar-refractivity contribution in [3.63, 3.8) is 0 Å². The van der Waals surface area contributed by atoms with E-state index in [1.807, 2.05) is 39.0 Å². The average molecular weight is 333 g/mol. The van der Waals surface area contributed by atoms with Crippen LogP contribution in [0.5, 0.6) is 5.75 Å². The summed E-state index contributed by atoms with van der Waals surface area (Å²) in [7, 11) is 0. The predicted molar refractivity (Wildman–Crippen MR) is 72.3 cm³/mol. The summed E-state index contributed by atoms with van der Waals surface area (Å²) < 4.78 is 6.79. The Labute approximate surface area is 109 Å². The molecule has 0 bridgehead atoms. The highest BCUT2D eigenvalue weighted by Crippen LogP contribution is 2.22. The van der Waals surface area contributed by atoms with E-state index in [0.717, 1.165) is 14.9 Å². The largest absolute Gasteiger partial charge is 0.480 e. The molecule has 0 spiro atoms. The highest BCUT2D eigenvalue weighted by molar-refractivity contribution is 14.1. The van der Waals surface area contributed by atoms with Crippen LogP contribution in [0.4, 0.5) is 0 Å². The van der Waals surface area contributed by atoms with Crippen LogP contribution in [0.15, 0.2) is 18.2 Å². The van der Waals surface area contributed by atoms with Crippen LogP contribution in [0.25, 0.3) is 0 Å². The first-order valence-electron chi connectivity index (χ1n) is 5.14. The van der Waals surface area contributed by atoms with Crippen molar-refractivity contribution in [3.05, 3.63) is 27.3 Å². The Morgan fingerprint density at radius 2 is 2.06 bits per heavy atom. The summed E-state index contributed by atoms with van der Waals surface area (Å²) in [6.45, 7) is 5.78. The van der Waals surface area contributed by atoms with Gasteiger partial charge in [0.2, 0.25) is 0 Å². The van der Waals surface area contributed by atoms with Gasteiger partial charge < -0.3 is 10.5 Å². The van der Waals surface area contributed by atoms with Crippen LogP contribution in [0.1, 0.15) is 19.4 Å². The van der Waals surface area contributed by atoms with Crippen LogP contribution < -0.4 is 10.5 Å². The number of halogens is 1. The molecule has 1 amide bonds. The highest BCUT2D eigenvalue weighted by Gasteiger charge is 2.21. The van der Waals surface area contributed by atoms with Crippen LogP contribution in [0.2, 0.25) is 0 Å². The topological polar surface area (TPSA) is 52.3 Å². The Hall–Kier alpha value is -0.780. The Bertz CT molecular complexity index is 391. The van der Waals surface area contributed by atoms with Gasteiger partial charge >= 0.3 is 0 Å². The van der Waals surface area contributed by atoms with Gasteiger partial charge in [-0.05, 0) is 59.2 Å². The summed E-state index contributed by atoms with van der Waals surface area (Å²) in [6.07, 6.45) is -0.571. The molecule has 1 rings (SSSR count). The van der Waals surface area contributed by atoms with Crippen LogP contribution in [-0.4, -0.2) is 12.0 Å². The van der Waals surface area contributed by atoms with Crippen molar-refractivity contribution in [1.29, 1.82) is 0 Å². The van der Waals surface area contributed by atoms with Crippen molar-refractivity contribution < 1.29 is 9.53 Å². The lowest BCUT2D eigenvalue weighted by Crippen LogP contribution is -2.38. The molecule has 1 atom stereocenters. The van der Waals surface area contributed by atoms with Crippen molar-refractivity contribution in [3.8, 4) is 5.75 Å². The molecule has 0 aliphatic rings. The maximum Gasteiger partial charge on any atom is 0.258 e. The Balaban J connectivity index is 2.90. The second-order valence-corrected chi connectivity index (χ2v) is 5.34. The van der Waals surface area contributed by atoms with Crippen LogP contribution in [0, 0.1) is 16.4 Å². The predicted octanol–water partition coefficient (Wildman–Crippen LogP) is 2.49. The van der Waals surface area contributed by atoms with Crippen LogP contribution in [-0.2, 0) is 4.79 Å². The summed E-state index contributed by atoms with van der Waals surface area (Å²) in [6, 6.07) is 5.82. The molecule has 16 heavy (non-hydrogen) atoms. The Morgan fingerprint density at radius 1 is 1.44 bits per heavy atom. The molecular weight excluding hydrogens is 317 g/mol. The third-order valence-corrected chi connectivity index (χ3v) is 2.95. The van der Waals surface area contributed by atoms with Gasteiger partial charge in [0, 0.05) is 3.57 Å². The van der Waals surface area contributed by atoms with E-state index in [0.29, 0.717) is 0 Å². The standard InChI is InChI=1S/C12H16INO2/c1-7(2)11(12(14)15)16-10-5-4-9(13)6-8(10)3/h4-7,11H,1-3H3,(H2,14,15). The molecule has 1 aromatic carbocycles. The van der Waals surface area contributed by atoms with Gasteiger partial charge in [-0.25, -0.2) is 0 Å². The fourth-order valence-corrected chi connectivity index (χ4v) is 2.05. The molecule has 0 fully saturated rings. The molecule has 0 saturated carbocycles. The van der Waals surface area contributed by atoms with Gasteiger partial charge in [-0.1, -0.05) is 13.8 Å². The monoisotopic (exact) mass is 333 g/mol. The number of carbonyl (C=O) groups excluding carboxylic acids is 1. The number of benzene rings is 1. The van der Waals surface area contributed by atoms with Gasteiger partial charge in [-0.3, -0.25) is 4.79 Å². The van der Waals surface area contributed by atoms with E-state index in [1.165, 1.54) is 0 Å². The quantitative estimate of drug-likeness (QED) is 0.861. The van der Waals surface area contributed by atoms with Gasteiger partial charge in [0.15, 0.2) is 6.10 Å². The Morgan fingerprint density at radius 3 is 2.50 bits per heavy atom. The number of hydrogen-bond donors (Lipinski definition) is 1. The van der Waals surface area contributed by atoms with Gasteiger partial charge in [0.05, 0.1) is 0 Å². The van der Waals surface area contributed by atoms with E-state index in [2.05, 4.69) is 22.6 Å². The van der Waals surface area contributed by atoms with Gasteiger partial charge in [-0.2, -0.15) is 0 Å². The number of ether oxygens (including phenoxy) is 1. The van der Waals surface area contributed by atoms with Crippen molar-refractivity contribution in [2.75, 3.05) is 0 Å². The van der Waals surface area contributed by atoms with E-state index < -0.39 is 12.0 Å². The third-order valence-electron chi connectivity index (χ3n) is 2.28. The highest BCUT2D eigenvalue weighted by atomic mass is 127. The van der Waals surface area contributed by atoms with Crippen molar-refractivity contribution >= 4 is 28.5 Å². The average Bonchev–Trinajstić information content (AvgIpc) is 2.15. The lowest BCUT2D eigenvalue weighted by molar-refractivity contribution is -0.126. The van der Waals surface area contributed by atoms with E-state index in [4.69, 9.17) is 10.5 Å². The van der Waals surface area contributed by atoms with Crippen molar-refractivity contribution in [2.45, 2.75) is 26.9 Å². The number of carbonyl (C=O) groups is 1. The molecule has 1 aromatic rings. The van der Waals surface area contributed by atoms with E-state index >= 15 is 0 Å². The van der Waals surface area contributed by atoms with E-state index in [-0.39, 0.29) is 5.92 Å². The van der Waals surface area contributed by atoms with Gasteiger partial charge in [0.1, 0.15) is 5.75 Å². The summed E-state index contributed by atoms with van der Waals surface area (Å²) in [5.41, 5.74) is 6.31. The molecular formula is C12H16INO2. The lowest BCUT2D eigenvalue weighted by Gasteiger charge is -2.20. The number of rotatable bonds is 4. The SMILES string of the molecule is Cc1cc(I)ccc1OC(C(N)=O)C(C)C. The first-order chi connectivity index (χ1) is 7.41. The minimum absolute atomic E-state index is 0.0659. The molecule has 0 saturated heterocycles. The molecule has 1 unspecified atom stereocenters. The normalized spacial score (nSPS) is 12.6. The number of nitrogens with two attached hydrogens (primary N) is 1.